The quantitative estimate of drug-likeness (QED) is 0.755. The molecule has 20 heavy (non-hydrogen) atoms. The highest BCUT2D eigenvalue weighted by molar-refractivity contribution is 5.83. The zero-order valence-electron chi connectivity index (χ0n) is 12.7. The molecule has 0 aromatic carbocycles. The Morgan fingerprint density at radius 3 is 2.50 bits per heavy atom. The number of carbonyl (C=O) groups is 2. The zero-order valence-corrected chi connectivity index (χ0v) is 12.7. The van der Waals surface area contributed by atoms with E-state index in [4.69, 9.17) is 0 Å². The normalized spacial score (nSPS) is 23.4. The lowest BCUT2D eigenvalue weighted by Crippen LogP contribution is -2.36. The summed E-state index contributed by atoms with van der Waals surface area (Å²) in [5.41, 5.74) is 0.276. The fourth-order valence-electron chi connectivity index (χ4n) is 3.35. The second-order valence-corrected chi connectivity index (χ2v) is 5.98. The summed E-state index contributed by atoms with van der Waals surface area (Å²) in [6.07, 6.45) is 3.67. The molecule has 0 aromatic rings. The molecule has 1 heterocycles. The van der Waals surface area contributed by atoms with Gasteiger partial charge in [-0.15, -0.1) is 0 Å². The van der Waals surface area contributed by atoms with E-state index in [-0.39, 0.29) is 23.1 Å². The summed E-state index contributed by atoms with van der Waals surface area (Å²) in [4.78, 5) is 25.7. The molecule has 1 spiro atoms. The second-order valence-electron chi connectivity index (χ2n) is 5.98. The Kier molecular flexibility index (Phi) is 5.02. The minimum Gasteiger partial charge on any atom is -0.355 e. The maximum Gasteiger partial charge on any atom is 0.224 e. The highest BCUT2D eigenvalue weighted by atomic mass is 16.2. The van der Waals surface area contributed by atoms with E-state index in [2.05, 4.69) is 10.6 Å². The molecule has 2 N–H and O–H groups in total. The molecule has 2 fully saturated rings. The first kappa shape index (κ1) is 15.3. The predicted molar refractivity (Wildman–Crippen MR) is 78.2 cm³/mol. The fraction of sp³-hybridized carbons (Fsp3) is 0.867. The summed E-state index contributed by atoms with van der Waals surface area (Å²) >= 11 is 0. The van der Waals surface area contributed by atoms with Crippen molar-refractivity contribution in [2.45, 2.75) is 39.5 Å². The molecule has 1 unspecified atom stereocenters. The third-order valence-electron chi connectivity index (χ3n) is 4.86. The van der Waals surface area contributed by atoms with Gasteiger partial charge in [0.1, 0.15) is 0 Å². The molecule has 1 saturated carbocycles. The van der Waals surface area contributed by atoms with Crippen LogP contribution in [-0.4, -0.2) is 49.4 Å². The number of nitrogens with one attached hydrogen (secondary N) is 2. The predicted octanol–water partition coefficient (Wildman–Crippen LogP) is 0.751. The van der Waals surface area contributed by atoms with Gasteiger partial charge in [-0.2, -0.15) is 0 Å². The van der Waals surface area contributed by atoms with Crippen molar-refractivity contribution in [3.05, 3.63) is 0 Å². The minimum atomic E-state index is 0.127. The molecule has 5 heteroatoms. The van der Waals surface area contributed by atoms with Crippen molar-refractivity contribution in [3.63, 3.8) is 0 Å². The van der Waals surface area contributed by atoms with E-state index in [1.807, 2.05) is 13.8 Å². The van der Waals surface area contributed by atoms with Crippen molar-refractivity contribution >= 4 is 11.8 Å². The Balaban J connectivity index is 1.68. The van der Waals surface area contributed by atoms with E-state index in [9.17, 15) is 9.59 Å². The lowest BCUT2D eigenvalue weighted by atomic mass is 9.92. The van der Waals surface area contributed by atoms with Gasteiger partial charge in [-0.3, -0.25) is 9.59 Å². The van der Waals surface area contributed by atoms with Crippen molar-refractivity contribution in [2.75, 3.05) is 32.7 Å². The number of hydrogen-bond acceptors (Lipinski definition) is 3. The van der Waals surface area contributed by atoms with E-state index in [0.29, 0.717) is 13.0 Å². The number of piperidine rings is 1. The van der Waals surface area contributed by atoms with E-state index in [0.717, 1.165) is 45.4 Å². The Labute approximate surface area is 121 Å². The number of nitrogens with zero attached hydrogens (tertiary/aromatic N) is 1. The first-order chi connectivity index (χ1) is 9.63. The molecule has 2 rings (SSSR count). The third-order valence-corrected chi connectivity index (χ3v) is 4.86. The van der Waals surface area contributed by atoms with Gasteiger partial charge < -0.3 is 15.5 Å². The van der Waals surface area contributed by atoms with Crippen LogP contribution in [0, 0.1) is 11.3 Å². The number of carbonyl (C=O) groups excluding carboxylic acids is 2. The van der Waals surface area contributed by atoms with Crippen molar-refractivity contribution < 1.29 is 9.59 Å². The van der Waals surface area contributed by atoms with Gasteiger partial charge in [-0.25, -0.2) is 0 Å². The summed E-state index contributed by atoms with van der Waals surface area (Å²) < 4.78 is 0. The third kappa shape index (κ3) is 3.32. The first-order valence-corrected chi connectivity index (χ1v) is 7.89. The van der Waals surface area contributed by atoms with Crippen molar-refractivity contribution in [1.82, 2.24) is 15.5 Å². The standard InChI is InChI=1S/C15H27N3O2/c1-3-18(4-2)13(19)5-8-17-14(20)12-11-15(12)6-9-16-10-7-15/h12,16H,3-11H2,1-2H3,(H,17,20). The maximum atomic E-state index is 12.1. The van der Waals surface area contributed by atoms with Crippen LogP contribution in [0.4, 0.5) is 0 Å². The van der Waals surface area contributed by atoms with Gasteiger partial charge in [0.05, 0.1) is 0 Å². The minimum absolute atomic E-state index is 0.127. The van der Waals surface area contributed by atoms with Crippen LogP contribution in [0.25, 0.3) is 0 Å². The molecule has 114 valence electrons. The molecule has 2 amide bonds. The molecule has 1 aliphatic heterocycles. The first-order valence-electron chi connectivity index (χ1n) is 7.89. The van der Waals surface area contributed by atoms with Crippen LogP contribution in [0.2, 0.25) is 0 Å². The average molecular weight is 281 g/mol. The second kappa shape index (κ2) is 6.57. The van der Waals surface area contributed by atoms with Gasteiger partial charge in [0, 0.05) is 32.0 Å². The molecule has 0 aromatic heterocycles. The van der Waals surface area contributed by atoms with Gasteiger partial charge in [0.2, 0.25) is 11.8 Å². The van der Waals surface area contributed by atoms with Crippen LogP contribution < -0.4 is 10.6 Å². The van der Waals surface area contributed by atoms with Gasteiger partial charge in [0.25, 0.3) is 0 Å². The lowest BCUT2D eigenvalue weighted by Gasteiger charge is -2.23. The summed E-state index contributed by atoms with van der Waals surface area (Å²) in [6.45, 7) is 7.97. The maximum absolute atomic E-state index is 12.1. The Morgan fingerprint density at radius 1 is 1.25 bits per heavy atom. The Bertz CT molecular complexity index is 360. The molecule has 1 aliphatic carbocycles. The van der Waals surface area contributed by atoms with Crippen LogP contribution in [0.1, 0.15) is 39.5 Å². The largest absolute Gasteiger partial charge is 0.355 e. The zero-order chi connectivity index (χ0) is 14.6. The van der Waals surface area contributed by atoms with Crippen LogP contribution in [0.3, 0.4) is 0 Å². The van der Waals surface area contributed by atoms with Crippen LogP contribution in [-0.2, 0) is 9.59 Å². The van der Waals surface area contributed by atoms with Crippen LogP contribution >= 0.6 is 0 Å². The summed E-state index contributed by atoms with van der Waals surface area (Å²) in [5.74, 6) is 0.468. The van der Waals surface area contributed by atoms with Gasteiger partial charge in [-0.05, 0) is 51.6 Å². The molecular weight excluding hydrogens is 254 g/mol. The van der Waals surface area contributed by atoms with Gasteiger partial charge >= 0.3 is 0 Å². The van der Waals surface area contributed by atoms with Crippen molar-refractivity contribution in [1.29, 1.82) is 0 Å². The van der Waals surface area contributed by atoms with E-state index >= 15 is 0 Å². The number of hydrogen-bond donors (Lipinski definition) is 2. The summed E-state index contributed by atoms with van der Waals surface area (Å²) in [5, 5.41) is 6.28. The molecule has 0 bridgehead atoms. The van der Waals surface area contributed by atoms with E-state index in [1.54, 1.807) is 4.90 Å². The number of amides is 2. The number of rotatable bonds is 6. The van der Waals surface area contributed by atoms with Crippen LogP contribution in [0.15, 0.2) is 0 Å². The molecule has 5 nitrogen and oxygen atoms in total. The molecule has 0 radical (unpaired) electrons. The molecule has 1 saturated heterocycles. The van der Waals surface area contributed by atoms with Crippen LogP contribution in [0.5, 0.6) is 0 Å². The highest BCUT2D eigenvalue weighted by Crippen LogP contribution is 2.58. The monoisotopic (exact) mass is 281 g/mol. The SMILES string of the molecule is CCN(CC)C(=O)CCNC(=O)C1CC12CCNCC2. The molecule has 2 aliphatic rings. The topological polar surface area (TPSA) is 61.4 Å². The van der Waals surface area contributed by atoms with Crippen molar-refractivity contribution in [2.24, 2.45) is 11.3 Å². The Hall–Kier alpha value is -1.10. The van der Waals surface area contributed by atoms with Gasteiger partial charge in [-0.1, -0.05) is 0 Å². The Morgan fingerprint density at radius 2 is 1.90 bits per heavy atom. The van der Waals surface area contributed by atoms with E-state index < -0.39 is 0 Å². The fourth-order valence-corrected chi connectivity index (χ4v) is 3.35. The summed E-state index contributed by atoms with van der Waals surface area (Å²) in [7, 11) is 0. The summed E-state index contributed by atoms with van der Waals surface area (Å²) in [6, 6.07) is 0. The molecular formula is C15H27N3O2. The average Bonchev–Trinajstić information content (AvgIpc) is 3.14. The van der Waals surface area contributed by atoms with Crippen molar-refractivity contribution in [3.8, 4) is 0 Å². The van der Waals surface area contributed by atoms with E-state index in [1.165, 1.54) is 0 Å². The highest BCUT2D eigenvalue weighted by Gasteiger charge is 2.57. The van der Waals surface area contributed by atoms with Gasteiger partial charge in [0.15, 0.2) is 0 Å². The molecule has 1 atom stereocenters. The lowest BCUT2D eigenvalue weighted by molar-refractivity contribution is -0.130. The smallest absolute Gasteiger partial charge is 0.224 e.